The number of hydrogen-bond donors (Lipinski definition) is 1. The molecule has 0 aliphatic heterocycles. The second kappa shape index (κ2) is 3.47. The van der Waals surface area contributed by atoms with Gasteiger partial charge < -0.3 is 0 Å². The van der Waals surface area contributed by atoms with E-state index in [2.05, 4.69) is 48.3 Å². The van der Waals surface area contributed by atoms with Crippen LogP contribution in [0.25, 0.3) is 11.3 Å². The molecular formula is C16H18N2. The lowest BCUT2D eigenvalue weighted by atomic mass is 9.57. The smallest absolute Gasteiger partial charge is 0.0958 e. The normalized spacial score (nSPS) is 28.7. The molecule has 5 rings (SSSR count). The lowest BCUT2D eigenvalue weighted by molar-refractivity contribution is 0.127. The van der Waals surface area contributed by atoms with Crippen molar-refractivity contribution in [2.75, 3.05) is 0 Å². The number of nitrogens with zero attached hydrogens (tertiary/aromatic N) is 1. The van der Waals surface area contributed by atoms with Gasteiger partial charge in [-0.05, 0) is 37.2 Å². The largest absolute Gasteiger partial charge is 0.281 e. The summed E-state index contributed by atoms with van der Waals surface area (Å²) in [6, 6.07) is 8.56. The van der Waals surface area contributed by atoms with Crippen LogP contribution in [0.15, 0.2) is 24.3 Å². The summed E-state index contributed by atoms with van der Waals surface area (Å²) < 4.78 is 0. The average molecular weight is 238 g/mol. The fourth-order valence-electron chi connectivity index (χ4n) is 3.75. The predicted molar refractivity (Wildman–Crippen MR) is 72.5 cm³/mol. The van der Waals surface area contributed by atoms with E-state index in [1.807, 2.05) is 0 Å². The molecule has 3 aliphatic carbocycles. The van der Waals surface area contributed by atoms with Gasteiger partial charge in [0.25, 0.3) is 0 Å². The van der Waals surface area contributed by atoms with Gasteiger partial charge in [-0.1, -0.05) is 31.2 Å². The summed E-state index contributed by atoms with van der Waals surface area (Å²) >= 11 is 0. The number of aromatic nitrogens is 2. The fraction of sp³-hybridized carbons (Fsp3) is 0.438. The number of rotatable bonds is 1. The standard InChI is InChI=1S/C16H18N2/c1-9-5-3-4-6-12(9)15-14-8-11-7-13(10(11)2)16(14)18-17-15/h3-6,10-11,13H,7-8H2,1-2H3,(H,17,18). The highest BCUT2D eigenvalue weighted by Crippen LogP contribution is 2.54. The molecule has 3 atom stereocenters. The zero-order chi connectivity index (χ0) is 12.3. The van der Waals surface area contributed by atoms with E-state index < -0.39 is 0 Å². The third kappa shape index (κ3) is 1.21. The Balaban J connectivity index is 1.86. The van der Waals surface area contributed by atoms with Crippen molar-refractivity contribution in [2.45, 2.75) is 32.6 Å². The molecule has 0 spiro atoms. The maximum absolute atomic E-state index is 4.62. The predicted octanol–water partition coefficient (Wildman–Crippen LogP) is 3.68. The second-order valence-corrected chi connectivity index (χ2v) is 5.94. The molecule has 1 heterocycles. The molecule has 1 aromatic heterocycles. The van der Waals surface area contributed by atoms with Crippen molar-refractivity contribution in [1.82, 2.24) is 10.2 Å². The monoisotopic (exact) mass is 238 g/mol. The van der Waals surface area contributed by atoms with Gasteiger partial charge in [-0.3, -0.25) is 5.10 Å². The van der Waals surface area contributed by atoms with Crippen molar-refractivity contribution in [2.24, 2.45) is 11.8 Å². The minimum Gasteiger partial charge on any atom is -0.281 e. The zero-order valence-corrected chi connectivity index (χ0v) is 10.9. The summed E-state index contributed by atoms with van der Waals surface area (Å²) in [7, 11) is 0. The molecule has 3 aliphatic rings. The Morgan fingerprint density at radius 1 is 1.28 bits per heavy atom. The first kappa shape index (κ1) is 10.4. The summed E-state index contributed by atoms with van der Waals surface area (Å²) in [4.78, 5) is 0. The second-order valence-electron chi connectivity index (χ2n) is 5.94. The average Bonchev–Trinajstić information content (AvgIpc) is 2.82. The van der Waals surface area contributed by atoms with E-state index in [-0.39, 0.29) is 0 Å². The van der Waals surface area contributed by atoms with Crippen LogP contribution in [-0.4, -0.2) is 10.2 Å². The summed E-state index contributed by atoms with van der Waals surface area (Å²) in [6.07, 6.45) is 2.58. The van der Waals surface area contributed by atoms with Crippen LogP contribution in [-0.2, 0) is 6.42 Å². The van der Waals surface area contributed by atoms with Crippen molar-refractivity contribution in [1.29, 1.82) is 0 Å². The summed E-state index contributed by atoms with van der Waals surface area (Å²) in [5.41, 5.74) is 6.72. The highest BCUT2D eigenvalue weighted by molar-refractivity contribution is 5.68. The van der Waals surface area contributed by atoms with Crippen LogP contribution in [0.5, 0.6) is 0 Å². The molecule has 0 saturated heterocycles. The van der Waals surface area contributed by atoms with Crippen molar-refractivity contribution in [3.8, 4) is 11.3 Å². The highest BCUT2D eigenvalue weighted by Gasteiger charge is 2.46. The van der Waals surface area contributed by atoms with E-state index in [1.165, 1.54) is 40.9 Å². The number of hydrogen-bond acceptors (Lipinski definition) is 1. The first-order valence-corrected chi connectivity index (χ1v) is 6.89. The lowest BCUT2D eigenvalue weighted by Gasteiger charge is -2.47. The van der Waals surface area contributed by atoms with Crippen molar-refractivity contribution in [3.05, 3.63) is 41.1 Å². The number of H-pyrrole nitrogens is 1. The first-order valence-electron chi connectivity index (χ1n) is 6.89. The number of benzene rings is 1. The van der Waals surface area contributed by atoms with Gasteiger partial charge in [-0.25, -0.2) is 0 Å². The van der Waals surface area contributed by atoms with E-state index in [9.17, 15) is 0 Å². The van der Waals surface area contributed by atoms with Gasteiger partial charge in [0.05, 0.1) is 5.69 Å². The molecule has 1 aromatic carbocycles. The van der Waals surface area contributed by atoms with Crippen molar-refractivity contribution >= 4 is 0 Å². The molecule has 1 fully saturated rings. The third-order valence-electron chi connectivity index (χ3n) is 5.07. The maximum Gasteiger partial charge on any atom is 0.0958 e. The Kier molecular flexibility index (Phi) is 2.00. The van der Waals surface area contributed by atoms with Crippen LogP contribution in [0.2, 0.25) is 0 Å². The van der Waals surface area contributed by atoms with E-state index >= 15 is 0 Å². The molecule has 2 aromatic rings. The minimum atomic E-state index is 0.740. The van der Waals surface area contributed by atoms with Gasteiger partial charge in [0, 0.05) is 22.7 Å². The number of aromatic amines is 1. The molecule has 0 radical (unpaired) electrons. The van der Waals surface area contributed by atoms with E-state index in [1.54, 1.807) is 0 Å². The Hall–Kier alpha value is -1.57. The molecule has 92 valence electrons. The van der Waals surface area contributed by atoms with Gasteiger partial charge in [-0.15, -0.1) is 0 Å². The van der Waals surface area contributed by atoms with Crippen LogP contribution in [0.4, 0.5) is 0 Å². The summed E-state index contributed by atoms with van der Waals surface area (Å²) in [6.45, 7) is 4.55. The summed E-state index contributed by atoms with van der Waals surface area (Å²) in [5, 5.41) is 7.94. The molecule has 18 heavy (non-hydrogen) atoms. The van der Waals surface area contributed by atoms with Gasteiger partial charge in [-0.2, -0.15) is 5.10 Å². The van der Waals surface area contributed by atoms with Crippen LogP contribution >= 0.6 is 0 Å². The molecule has 2 bridgehead atoms. The zero-order valence-electron chi connectivity index (χ0n) is 10.9. The SMILES string of the molecule is Cc1ccccc1-c1n[nH]c2c1CC1CC2C1C. The number of aryl methyl sites for hydroxylation is 1. The van der Waals surface area contributed by atoms with Crippen LogP contribution in [0, 0.1) is 18.8 Å². The minimum absolute atomic E-state index is 0.740. The van der Waals surface area contributed by atoms with E-state index in [4.69, 9.17) is 0 Å². The Labute approximate surface area is 107 Å². The van der Waals surface area contributed by atoms with Crippen LogP contribution in [0.1, 0.15) is 36.1 Å². The molecule has 2 heteroatoms. The Bertz CT molecular complexity index is 611. The topological polar surface area (TPSA) is 28.7 Å². The lowest BCUT2D eigenvalue weighted by Crippen LogP contribution is -2.39. The van der Waals surface area contributed by atoms with E-state index in [0.717, 1.165) is 17.8 Å². The first-order chi connectivity index (χ1) is 8.75. The maximum atomic E-state index is 4.62. The summed E-state index contributed by atoms with van der Waals surface area (Å²) in [5.74, 6) is 2.48. The molecule has 2 nitrogen and oxygen atoms in total. The van der Waals surface area contributed by atoms with Crippen molar-refractivity contribution in [3.63, 3.8) is 0 Å². The highest BCUT2D eigenvalue weighted by atomic mass is 15.1. The molecule has 1 saturated carbocycles. The molecule has 3 unspecified atom stereocenters. The van der Waals surface area contributed by atoms with Crippen molar-refractivity contribution < 1.29 is 0 Å². The van der Waals surface area contributed by atoms with Crippen LogP contribution in [0.3, 0.4) is 0 Å². The van der Waals surface area contributed by atoms with Gasteiger partial charge in [0.1, 0.15) is 0 Å². The van der Waals surface area contributed by atoms with Gasteiger partial charge >= 0.3 is 0 Å². The van der Waals surface area contributed by atoms with Gasteiger partial charge in [0.2, 0.25) is 0 Å². The molecule has 1 N–H and O–H groups in total. The quantitative estimate of drug-likeness (QED) is 0.806. The molecular weight excluding hydrogens is 220 g/mol. The van der Waals surface area contributed by atoms with Gasteiger partial charge in [0.15, 0.2) is 0 Å². The number of nitrogens with one attached hydrogen (secondary N) is 1. The fourth-order valence-corrected chi connectivity index (χ4v) is 3.75. The Morgan fingerprint density at radius 3 is 2.89 bits per heavy atom. The van der Waals surface area contributed by atoms with E-state index in [0.29, 0.717) is 0 Å². The Morgan fingerprint density at radius 2 is 2.11 bits per heavy atom. The third-order valence-corrected chi connectivity index (χ3v) is 5.07. The van der Waals surface area contributed by atoms with Crippen LogP contribution < -0.4 is 0 Å². The molecule has 0 amide bonds.